The Morgan fingerprint density at radius 3 is 3.11 bits per heavy atom. The average molecular weight is 243 g/mol. The summed E-state index contributed by atoms with van der Waals surface area (Å²) in [6, 6.07) is 4.72. The van der Waals surface area contributed by atoms with E-state index < -0.39 is 5.91 Å². The van der Waals surface area contributed by atoms with E-state index in [1.165, 1.54) is 18.5 Å². The predicted molar refractivity (Wildman–Crippen MR) is 62.7 cm³/mol. The third-order valence-corrected chi connectivity index (χ3v) is 1.98. The summed E-state index contributed by atoms with van der Waals surface area (Å²) < 4.78 is 4.57. The van der Waals surface area contributed by atoms with Crippen LogP contribution >= 0.6 is 0 Å². The maximum atomic E-state index is 11.7. The van der Waals surface area contributed by atoms with Gasteiger partial charge in [0.1, 0.15) is 18.7 Å². The van der Waals surface area contributed by atoms with Crippen LogP contribution in [-0.4, -0.2) is 27.8 Å². The van der Waals surface area contributed by atoms with Crippen molar-refractivity contribution in [2.75, 3.05) is 11.9 Å². The fraction of sp³-hybridized carbons (Fsp3) is 0.0833. The summed E-state index contributed by atoms with van der Waals surface area (Å²) in [5.74, 6) is 5.17. The minimum Gasteiger partial charge on any atom is -0.384 e. The maximum Gasteiger partial charge on any atom is 0.278 e. The summed E-state index contributed by atoms with van der Waals surface area (Å²) in [4.78, 5) is 15.6. The number of anilines is 1. The van der Waals surface area contributed by atoms with Crippen LogP contribution in [0.5, 0.6) is 0 Å². The van der Waals surface area contributed by atoms with E-state index in [2.05, 4.69) is 31.8 Å². The molecule has 0 aliphatic heterocycles. The molecule has 0 aromatic carbocycles. The molecule has 0 atom stereocenters. The van der Waals surface area contributed by atoms with E-state index in [1.54, 1.807) is 12.1 Å². The van der Waals surface area contributed by atoms with Gasteiger partial charge >= 0.3 is 0 Å². The van der Waals surface area contributed by atoms with Gasteiger partial charge in [0, 0.05) is 17.8 Å². The van der Waals surface area contributed by atoms with Crippen molar-refractivity contribution in [3.8, 4) is 11.8 Å². The van der Waals surface area contributed by atoms with E-state index in [0.29, 0.717) is 11.4 Å². The second-order valence-electron chi connectivity index (χ2n) is 3.23. The first-order valence-electron chi connectivity index (χ1n) is 5.07. The number of amides is 1. The van der Waals surface area contributed by atoms with Crippen LogP contribution < -0.4 is 5.32 Å². The number of hydrogen-bond donors (Lipinski definition) is 2. The van der Waals surface area contributed by atoms with Crippen molar-refractivity contribution in [1.29, 1.82) is 0 Å². The van der Waals surface area contributed by atoms with Gasteiger partial charge in [-0.05, 0) is 12.1 Å². The number of hydrogen-bond acceptors (Lipinski definition) is 5. The lowest BCUT2D eigenvalue weighted by Crippen LogP contribution is -2.13. The second-order valence-corrected chi connectivity index (χ2v) is 3.23. The van der Waals surface area contributed by atoms with Crippen molar-refractivity contribution in [2.24, 2.45) is 0 Å². The highest BCUT2D eigenvalue weighted by Crippen LogP contribution is 2.07. The van der Waals surface area contributed by atoms with Crippen molar-refractivity contribution >= 4 is 11.7 Å². The Morgan fingerprint density at radius 1 is 1.50 bits per heavy atom. The number of rotatable bonds is 2. The molecule has 6 nitrogen and oxygen atoms in total. The number of pyridine rings is 1. The van der Waals surface area contributed by atoms with Gasteiger partial charge in [-0.1, -0.05) is 17.0 Å². The topological polar surface area (TPSA) is 88.2 Å². The van der Waals surface area contributed by atoms with Crippen molar-refractivity contribution in [3.05, 3.63) is 41.9 Å². The van der Waals surface area contributed by atoms with Crippen LogP contribution in [0.4, 0.5) is 5.82 Å². The number of aliphatic hydroxyl groups is 1. The molecule has 2 aromatic rings. The normalized spacial score (nSPS) is 9.39. The number of carbonyl (C=O) groups excluding carboxylic acids is 1. The van der Waals surface area contributed by atoms with Crippen molar-refractivity contribution < 1.29 is 14.4 Å². The van der Waals surface area contributed by atoms with Gasteiger partial charge in [-0.3, -0.25) is 4.79 Å². The molecule has 90 valence electrons. The third kappa shape index (κ3) is 2.93. The van der Waals surface area contributed by atoms with E-state index in [1.807, 2.05) is 0 Å². The molecule has 0 aliphatic rings. The summed E-state index contributed by atoms with van der Waals surface area (Å²) in [6.45, 7) is -0.219. The Bertz CT molecular complexity index is 597. The molecule has 0 radical (unpaired) electrons. The number of aromatic nitrogens is 2. The molecule has 2 aromatic heterocycles. The number of nitrogens with zero attached hydrogens (tertiary/aromatic N) is 2. The number of carbonyl (C=O) groups is 1. The predicted octanol–water partition coefficient (Wildman–Crippen LogP) is 0.666. The summed E-state index contributed by atoms with van der Waals surface area (Å²) in [5, 5.41) is 14.7. The second kappa shape index (κ2) is 5.61. The van der Waals surface area contributed by atoms with E-state index in [4.69, 9.17) is 5.11 Å². The van der Waals surface area contributed by atoms with E-state index in [9.17, 15) is 4.79 Å². The molecular weight excluding hydrogens is 234 g/mol. The van der Waals surface area contributed by atoms with Crippen LogP contribution in [0.25, 0.3) is 0 Å². The minimum atomic E-state index is -0.413. The molecule has 0 unspecified atom stereocenters. The fourth-order valence-electron chi connectivity index (χ4n) is 1.23. The van der Waals surface area contributed by atoms with Gasteiger partial charge in [-0.25, -0.2) is 4.98 Å². The molecule has 18 heavy (non-hydrogen) atoms. The van der Waals surface area contributed by atoms with Crippen LogP contribution in [0.1, 0.15) is 16.1 Å². The molecule has 0 spiro atoms. The zero-order valence-electron chi connectivity index (χ0n) is 9.25. The number of aliphatic hydroxyl groups excluding tert-OH is 1. The third-order valence-electron chi connectivity index (χ3n) is 1.98. The lowest BCUT2D eigenvalue weighted by Gasteiger charge is -2.01. The summed E-state index contributed by atoms with van der Waals surface area (Å²) in [6.07, 6.45) is 2.82. The van der Waals surface area contributed by atoms with Gasteiger partial charge in [0.2, 0.25) is 0 Å². The number of nitrogens with one attached hydrogen (secondary N) is 1. The standard InChI is InChI=1S/C12H9N3O3/c16-6-1-2-9-3-5-13-11(8-9)14-12(17)10-4-7-18-15-10/h3-5,7-8,16H,6H2,(H,13,14,17). The Labute approximate surface area is 103 Å². The molecule has 0 saturated carbocycles. The minimum absolute atomic E-state index is 0.170. The molecule has 1 amide bonds. The molecule has 0 fully saturated rings. The SMILES string of the molecule is O=C(Nc1cc(C#CCO)ccn1)c1ccon1. The average Bonchev–Trinajstić information content (AvgIpc) is 2.91. The van der Waals surface area contributed by atoms with E-state index in [-0.39, 0.29) is 12.3 Å². The van der Waals surface area contributed by atoms with Crippen LogP contribution in [0.3, 0.4) is 0 Å². The van der Waals surface area contributed by atoms with Crippen LogP contribution in [0, 0.1) is 11.8 Å². The van der Waals surface area contributed by atoms with Gasteiger partial charge in [0.05, 0.1) is 0 Å². The van der Waals surface area contributed by atoms with Gasteiger partial charge in [-0.15, -0.1) is 0 Å². The van der Waals surface area contributed by atoms with Crippen LogP contribution in [-0.2, 0) is 0 Å². The van der Waals surface area contributed by atoms with Crippen molar-refractivity contribution in [1.82, 2.24) is 10.1 Å². The highest BCUT2D eigenvalue weighted by molar-refractivity contribution is 6.02. The first-order chi connectivity index (χ1) is 8.79. The molecular formula is C12H9N3O3. The Morgan fingerprint density at radius 2 is 2.39 bits per heavy atom. The highest BCUT2D eigenvalue weighted by atomic mass is 16.5. The quantitative estimate of drug-likeness (QED) is 0.757. The molecule has 2 heterocycles. The maximum absolute atomic E-state index is 11.7. The summed E-state index contributed by atoms with van der Waals surface area (Å²) >= 11 is 0. The highest BCUT2D eigenvalue weighted by Gasteiger charge is 2.09. The van der Waals surface area contributed by atoms with Gasteiger partial charge in [-0.2, -0.15) is 0 Å². The van der Waals surface area contributed by atoms with Crippen LogP contribution in [0.2, 0.25) is 0 Å². The monoisotopic (exact) mass is 243 g/mol. The van der Waals surface area contributed by atoms with Gasteiger partial charge in [0.15, 0.2) is 5.69 Å². The molecule has 6 heteroatoms. The molecule has 0 bridgehead atoms. The molecule has 2 N–H and O–H groups in total. The largest absolute Gasteiger partial charge is 0.384 e. The zero-order valence-corrected chi connectivity index (χ0v) is 9.25. The van der Waals surface area contributed by atoms with E-state index in [0.717, 1.165) is 0 Å². The first kappa shape index (κ1) is 11.8. The Hall–Kier alpha value is -2.65. The van der Waals surface area contributed by atoms with Crippen LogP contribution in [0.15, 0.2) is 35.2 Å². The lowest BCUT2D eigenvalue weighted by atomic mass is 10.2. The van der Waals surface area contributed by atoms with Gasteiger partial charge < -0.3 is 14.9 Å². The van der Waals surface area contributed by atoms with Crippen molar-refractivity contribution in [2.45, 2.75) is 0 Å². The van der Waals surface area contributed by atoms with Crippen molar-refractivity contribution in [3.63, 3.8) is 0 Å². The first-order valence-corrected chi connectivity index (χ1v) is 5.07. The smallest absolute Gasteiger partial charge is 0.278 e. The Kier molecular flexibility index (Phi) is 3.69. The van der Waals surface area contributed by atoms with Gasteiger partial charge in [0.25, 0.3) is 5.91 Å². The Balaban J connectivity index is 2.12. The van der Waals surface area contributed by atoms with E-state index >= 15 is 0 Å². The molecule has 0 aliphatic carbocycles. The molecule has 2 rings (SSSR count). The zero-order chi connectivity index (χ0) is 12.8. The summed E-state index contributed by atoms with van der Waals surface area (Å²) in [5.41, 5.74) is 0.818. The molecule has 0 saturated heterocycles. The summed E-state index contributed by atoms with van der Waals surface area (Å²) in [7, 11) is 0. The lowest BCUT2D eigenvalue weighted by molar-refractivity contribution is 0.101. The fourth-order valence-corrected chi connectivity index (χ4v) is 1.23.